The molecule has 3 rings (SSSR count). The molecule has 5 heteroatoms. The van der Waals surface area contributed by atoms with Crippen LogP contribution in [0.3, 0.4) is 0 Å². The summed E-state index contributed by atoms with van der Waals surface area (Å²) in [7, 11) is 0. The van der Waals surface area contributed by atoms with E-state index in [4.69, 9.17) is 19.9 Å². The normalized spacial score (nSPS) is 11.5. The van der Waals surface area contributed by atoms with Gasteiger partial charge in [-0.15, -0.1) is 0 Å². The Bertz CT molecular complexity index is 910. The minimum atomic E-state index is -0.728. The molecule has 3 aromatic carbocycles. The van der Waals surface area contributed by atoms with Crippen LogP contribution in [0, 0.1) is 0 Å². The first kappa shape index (κ1) is 20.4. The van der Waals surface area contributed by atoms with Crippen LogP contribution in [0.2, 0.25) is 0 Å². The van der Waals surface area contributed by atoms with Gasteiger partial charge in [0.1, 0.15) is 29.9 Å². The van der Waals surface area contributed by atoms with Gasteiger partial charge in [0.15, 0.2) is 0 Å². The Morgan fingerprint density at radius 3 is 2.28 bits per heavy atom. The van der Waals surface area contributed by atoms with E-state index in [1.54, 1.807) is 6.92 Å². The van der Waals surface area contributed by atoms with E-state index in [1.807, 2.05) is 78.9 Å². The number of esters is 1. The molecule has 0 radical (unpaired) electrons. The molecule has 0 amide bonds. The van der Waals surface area contributed by atoms with Crippen LogP contribution in [-0.4, -0.2) is 18.6 Å². The zero-order valence-corrected chi connectivity index (χ0v) is 16.4. The van der Waals surface area contributed by atoms with E-state index in [9.17, 15) is 4.79 Å². The lowest BCUT2D eigenvalue weighted by Crippen LogP contribution is -2.34. The summed E-state index contributed by atoms with van der Waals surface area (Å²) in [5.41, 5.74) is 7.91. The lowest BCUT2D eigenvalue weighted by atomic mass is 10.1. The maximum atomic E-state index is 11.8. The summed E-state index contributed by atoms with van der Waals surface area (Å²) in [6.45, 7) is 2.58. The maximum Gasteiger partial charge on any atom is 0.323 e. The van der Waals surface area contributed by atoms with Gasteiger partial charge in [-0.05, 0) is 48.4 Å². The fraction of sp³-hybridized carbons (Fsp3) is 0.208. The molecule has 29 heavy (non-hydrogen) atoms. The van der Waals surface area contributed by atoms with Crippen molar-refractivity contribution in [2.45, 2.75) is 26.0 Å². The number of carbonyl (C=O) groups is 1. The molecule has 0 aromatic heterocycles. The Kier molecular flexibility index (Phi) is 7.25. The molecule has 1 unspecified atom stereocenters. The van der Waals surface area contributed by atoms with Crippen molar-refractivity contribution in [1.82, 2.24) is 0 Å². The van der Waals surface area contributed by atoms with E-state index in [-0.39, 0.29) is 0 Å². The highest BCUT2D eigenvalue weighted by molar-refractivity contribution is 5.76. The van der Waals surface area contributed by atoms with Gasteiger partial charge in [0.25, 0.3) is 0 Å². The van der Waals surface area contributed by atoms with Gasteiger partial charge in [-0.25, -0.2) is 0 Å². The van der Waals surface area contributed by atoms with E-state index in [1.165, 1.54) is 0 Å². The highest BCUT2D eigenvalue weighted by Crippen LogP contribution is 2.28. The number of hydrogen-bond donors (Lipinski definition) is 1. The minimum absolute atomic E-state index is 0.309. The summed E-state index contributed by atoms with van der Waals surface area (Å²) in [4.78, 5) is 11.8. The summed E-state index contributed by atoms with van der Waals surface area (Å²) in [6.07, 6.45) is 0.341. The third kappa shape index (κ3) is 6.09. The first-order valence-corrected chi connectivity index (χ1v) is 9.60. The van der Waals surface area contributed by atoms with Crippen LogP contribution < -0.4 is 15.2 Å². The van der Waals surface area contributed by atoms with E-state index in [2.05, 4.69) is 0 Å². The molecule has 0 aliphatic carbocycles. The van der Waals surface area contributed by atoms with Gasteiger partial charge < -0.3 is 19.9 Å². The molecule has 150 valence electrons. The van der Waals surface area contributed by atoms with Gasteiger partial charge >= 0.3 is 5.97 Å². The van der Waals surface area contributed by atoms with Crippen molar-refractivity contribution in [1.29, 1.82) is 0 Å². The van der Waals surface area contributed by atoms with Crippen LogP contribution in [-0.2, 0) is 22.6 Å². The second-order valence-corrected chi connectivity index (χ2v) is 6.52. The Morgan fingerprint density at radius 1 is 0.897 bits per heavy atom. The van der Waals surface area contributed by atoms with Gasteiger partial charge in [0, 0.05) is 6.42 Å². The summed E-state index contributed by atoms with van der Waals surface area (Å²) in [5, 5.41) is 0. The Balaban J connectivity index is 1.62. The summed E-state index contributed by atoms with van der Waals surface area (Å²) in [5.74, 6) is 1.68. The Hall–Kier alpha value is -3.31. The molecular formula is C24H25NO4. The third-order valence-electron chi connectivity index (χ3n) is 4.30. The number of ether oxygens (including phenoxy) is 3. The van der Waals surface area contributed by atoms with Gasteiger partial charge in [-0.3, -0.25) is 4.79 Å². The van der Waals surface area contributed by atoms with Crippen molar-refractivity contribution in [3.63, 3.8) is 0 Å². The fourth-order valence-corrected chi connectivity index (χ4v) is 2.81. The molecule has 0 bridgehead atoms. The molecular weight excluding hydrogens is 366 g/mol. The zero-order valence-electron chi connectivity index (χ0n) is 16.4. The highest BCUT2D eigenvalue weighted by atomic mass is 16.5. The molecule has 0 saturated carbocycles. The van der Waals surface area contributed by atoms with Crippen molar-refractivity contribution in [2.24, 2.45) is 5.73 Å². The molecule has 0 fully saturated rings. The smallest absolute Gasteiger partial charge is 0.323 e. The number of nitrogens with two attached hydrogens (primary N) is 1. The van der Waals surface area contributed by atoms with Gasteiger partial charge in [0.05, 0.1) is 6.61 Å². The van der Waals surface area contributed by atoms with Crippen molar-refractivity contribution >= 4 is 5.97 Å². The molecule has 2 N–H and O–H groups in total. The second-order valence-electron chi connectivity index (χ2n) is 6.52. The third-order valence-corrected chi connectivity index (χ3v) is 4.30. The first-order valence-electron chi connectivity index (χ1n) is 9.60. The number of para-hydroxylation sites is 1. The molecule has 0 spiro atoms. The predicted molar refractivity (Wildman–Crippen MR) is 112 cm³/mol. The van der Waals surface area contributed by atoms with Crippen LogP contribution >= 0.6 is 0 Å². The van der Waals surface area contributed by atoms with E-state index in [0.29, 0.717) is 31.1 Å². The quantitative estimate of drug-likeness (QED) is 0.544. The lowest BCUT2D eigenvalue weighted by Gasteiger charge is -2.15. The summed E-state index contributed by atoms with van der Waals surface area (Å²) < 4.78 is 16.8. The molecule has 0 heterocycles. The standard InChI is InChI=1S/C24H25NO4/c1-2-27-24(26)22(25)16-19-10-6-7-11-23(19)29-21-14-12-20(13-15-21)28-17-18-8-4-3-5-9-18/h3-15,22H,2,16-17,25H2,1H3. The van der Waals surface area contributed by atoms with Crippen LogP contribution in [0.4, 0.5) is 0 Å². The maximum absolute atomic E-state index is 11.8. The zero-order chi connectivity index (χ0) is 20.5. The van der Waals surface area contributed by atoms with Gasteiger partial charge in [0.2, 0.25) is 0 Å². The topological polar surface area (TPSA) is 70.8 Å². The Labute approximate surface area is 171 Å². The predicted octanol–water partition coefficient (Wildman–Crippen LogP) is 4.49. The molecule has 3 aromatic rings. The van der Waals surface area contributed by atoms with Gasteiger partial charge in [-0.1, -0.05) is 48.5 Å². The van der Waals surface area contributed by atoms with Crippen LogP contribution in [0.25, 0.3) is 0 Å². The monoisotopic (exact) mass is 391 g/mol. The van der Waals surface area contributed by atoms with Crippen molar-refractivity contribution in [3.8, 4) is 17.2 Å². The van der Waals surface area contributed by atoms with E-state index < -0.39 is 12.0 Å². The molecule has 5 nitrogen and oxygen atoms in total. The fourth-order valence-electron chi connectivity index (χ4n) is 2.81. The second kappa shape index (κ2) is 10.3. The van der Waals surface area contributed by atoms with E-state index in [0.717, 1.165) is 16.9 Å². The van der Waals surface area contributed by atoms with Crippen molar-refractivity contribution in [2.75, 3.05) is 6.61 Å². The number of carbonyl (C=O) groups excluding carboxylic acids is 1. The minimum Gasteiger partial charge on any atom is -0.489 e. The average Bonchev–Trinajstić information content (AvgIpc) is 2.75. The Morgan fingerprint density at radius 2 is 1.55 bits per heavy atom. The summed E-state index contributed by atoms with van der Waals surface area (Å²) >= 11 is 0. The van der Waals surface area contributed by atoms with Gasteiger partial charge in [-0.2, -0.15) is 0 Å². The largest absolute Gasteiger partial charge is 0.489 e. The molecule has 0 aliphatic heterocycles. The number of hydrogen-bond acceptors (Lipinski definition) is 5. The van der Waals surface area contributed by atoms with Crippen molar-refractivity contribution in [3.05, 3.63) is 90.0 Å². The van der Waals surface area contributed by atoms with E-state index >= 15 is 0 Å². The summed E-state index contributed by atoms with van der Waals surface area (Å²) in [6, 6.07) is 24.2. The van der Waals surface area contributed by atoms with Crippen LogP contribution in [0.15, 0.2) is 78.9 Å². The molecule has 0 aliphatic rings. The van der Waals surface area contributed by atoms with Crippen LogP contribution in [0.5, 0.6) is 17.2 Å². The number of rotatable bonds is 9. The number of benzene rings is 3. The molecule has 0 saturated heterocycles. The first-order chi connectivity index (χ1) is 14.2. The average molecular weight is 391 g/mol. The SMILES string of the molecule is CCOC(=O)C(N)Cc1ccccc1Oc1ccc(OCc2ccccc2)cc1. The van der Waals surface area contributed by atoms with Crippen molar-refractivity contribution < 1.29 is 19.0 Å². The van der Waals surface area contributed by atoms with Crippen LogP contribution in [0.1, 0.15) is 18.1 Å². The lowest BCUT2D eigenvalue weighted by molar-refractivity contribution is -0.144. The highest BCUT2D eigenvalue weighted by Gasteiger charge is 2.17. The molecule has 1 atom stereocenters.